The molecule has 0 radical (unpaired) electrons. The molecule has 180 valence electrons. The van der Waals surface area contributed by atoms with Crippen LogP contribution in [-0.2, 0) is 14.8 Å². The summed E-state index contributed by atoms with van der Waals surface area (Å²) in [6.45, 7) is 3.59. The third kappa shape index (κ3) is 5.14. The highest BCUT2D eigenvalue weighted by molar-refractivity contribution is 7.90. The maximum atomic E-state index is 14.0. The largest absolute Gasteiger partial charge is 0.496 e. The molecule has 1 aliphatic rings. The topological polar surface area (TPSA) is 101 Å². The molecule has 1 atom stereocenters. The average molecular weight is 486 g/mol. The van der Waals surface area contributed by atoms with E-state index in [0.717, 1.165) is 22.2 Å². The number of carbonyl (C=O) groups excluding carboxylic acids is 1. The lowest BCUT2D eigenvalue weighted by Gasteiger charge is -2.21. The fourth-order valence-corrected chi connectivity index (χ4v) is 5.79. The Labute approximate surface area is 198 Å². The SMILES string of the molecule is COc1ccc(F)cc1-c1ccnc2[nH]c(C3=CCC(C(=O)NS(=O)(=O)CC(C)C)CC3)cc12. The zero-order valence-electron chi connectivity index (χ0n) is 19.4. The summed E-state index contributed by atoms with van der Waals surface area (Å²) >= 11 is 0. The Morgan fingerprint density at radius 3 is 2.74 bits per heavy atom. The number of amides is 1. The molecule has 2 N–H and O–H groups in total. The van der Waals surface area contributed by atoms with E-state index in [2.05, 4.69) is 14.7 Å². The minimum absolute atomic E-state index is 0.0592. The van der Waals surface area contributed by atoms with Crippen LogP contribution in [0, 0.1) is 17.7 Å². The van der Waals surface area contributed by atoms with E-state index in [1.807, 2.05) is 18.2 Å². The van der Waals surface area contributed by atoms with Crippen LogP contribution in [-0.4, -0.2) is 37.2 Å². The zero-order valence-corrected chi connectivity index (χ0v) is 20.2. The summed E-state index contributed by atoms with van der Waals surface area (Å²) < 4.78 is 45.8. The van der Waals surface area contributed by atoms with Crippen LogP contribution in [0.25, 0.3) is 27.7 Å². The van der Waals surface area contributed by atoms with Gasteiger partial charge in [0, 0.05) is 28.8 Å². The first-order valence-electron chi connectivity index (χ1n) is 11.2. The number of nitrogens with one attached hydrogen (secondary N) is 2. The lowest BCUT2D eigenvalue weighted by molar-refractivity contribution is -0.123. The van der Waals surface area contributed by atoms with Gasteiger partial charge < -0.3 is 9.72 Å². The number of hydrogen-bond acceptors (Lipinski definition) is 5. The van der Waals surface area contributed by atoms with Gasteiger partial charge in [0.1, 0.15) is 17.2 Å². The van der Waals surface area contributed by atoms with Crippen molar-refractivity contribution in [3.05, 3.63) is 54.1 Å². The fourth-order valence-electron chi connectivity index (χ4n) is 4.36. The van der Waals surface area contributed by atoms with Gasteiger partial charge in [0.05, 0.1) is 12.9 Å². The highest BCUT2D eigenvalue weighted by Gasteiger charge is 2.26. The second-order valence-electron chi connectivity index (χ2n) is 8.99. The molecule has 0 saturated carbocycles. The molecular formula is C25H28FN3O4S. The summed E-state index contributed by atoms with van der Waals surface area (Å²) in [7, 11) is -2.08. The van der Waals surface area contributed by atoms with Crippen molar-refractivity contribution >= 4 is 32.5 Å². The van der Waals surface area contributed by atoms with Crippen molar-refractivity contribution in [2.24, 2.45) is 11.8 Å². The van der Waals surface area contributed by atoms with Crippen LogP contribution in [0.4, 0.5) is 4.39 Å². The number of ether oxygens (including phenoxy) is 1. The number of carbonyl (C=O) groups is 1. The standard InChI is InChI=1S/C25H28FN3O4S/c1-15(2)14-34(31,32)29-25(30)17-6-4-16(5-7-17)22-13-21-19(10-11-27-24(21)28-22)20-12-18(26)8-9-23(20)33-3/h4,8-13,15,17H,5-7,14H2,1-3H3,(H,27,28)(H,29,30). The molecule has 0 aliphatic heterocycles. The van der Waals surface area contributed by atoms with Gasteiger partial charge in [-0.3, -0.25) is 9.52 Å². The number of aromatic nitrogens is 2. The van der Waals surface area contributed by atoms with Crippen molar-refractivity contribution in [1.82, 2.24) is 14.7 Å². The van der Waals surface area contributed by atoms with Gasteiger partial charge in [-0.1, -0.05) is 19.9 Å². The van der Waals surface area contributed by atoms with E-state index >= 15 is 0 Å². The molecule has 1 aliphatic carbocycles. The number of allylic oxidation sites excluding steroid dienone is 2. The molecule has 9 heteroatoms. The summed E-state index contributed by atoms with van der Waals surface area (Å²) in [5, 5.41) is 0.835. The van der Waals surface area contributed by atoms with Crippen molar-refractivity contribution in [2.75, 3.05) is 12.9 Å². The van der Waals surface area contributed by atoms with E-state index in [0.29, 0.717) is 36.2 Å². The van der Waals surface area contributed by atoms with Gasteiger partial charge in [-0.15, -0.1) is 0 Å². The molecule has 34 heavy (non-hydrogen) atoms. The van der Waals surface area contributed by atoms with E-state index in [4.69, 9.17) is 4.74 Å². The Morgan fingerprint density at radius 1 is 1.26 bits per heavy atom. The smallest absolute Gasteiger partial charge is 0.236 e. The van der Waals surface area contributed by atoms with Crippen molar-refractivity contribution < 1.29 is 22.3 Å². The summed E-state index contributed by atoms with van der Waals surface area (Å²) in [5.74, 6) is -0.764. The number of benzene rings is 1. The first-order chi connectivity index (χ1) is 16.2. The average Bonchev–Trinajstić information content (AvgIpc) is 3.22. The highest BCUT2D eigenvalue weighted by atomic mass is 32.2. The quantitative estimate of drug-likeness (QED) is 0.507. The molecule has 1 unspecified atom stereocenters. The van der Waals surface area contributed by atoms with Gasteiger partial charge in [-0.2, -0.15) is 0 Å². The molecule has 4 rings (SSSR count). The molecule has 1 amide bonds. The van der Waals surface area contributed by atoms with Crippen LogP contribution >= 0.6 is 0 Å². The van der Waals surface area contributed by atoms with Crippen LogP contribution < -0.4 is 9.46 Å². The van der Waals surface area contributed by atoms with E-state index in [9.17, 15) is 17.6 Å². The first kappa shape index (κ1) is 23.9. The van der Waals surface area contributed by atoms with Crippen molar-refractivity contribution in [2.45, 2.75) is 33.1 Å². The summed E-state index contributed by atoms with van der Waals surface area (Å²) in [6, 6.07) is 8.19. The predicted molar refractivity (Wildman–Crippen MR) is 130 cm³/mol. The molecule has 3 aromatic rings. The summed E-state index contributed by atoms with van der Waals surface area (Å²) in [5.41, 5.74) is 4.01. The number of pyridine rings is 1. The minimum Gasteiger partial charge on any atom is -0.496 e. The number of nitrogens with zero attached hydrogens (tertiary/aromatic N) is 1. The molecular weight excluding hydrogens is 457 g/mol. The number of halogens is 1. The van der Waals surface area contributed by atoms with Crippen molar-refractivity contribution in [3.8, 4) is 16.9 Å². The van der Waals surface area contributed by atoms with Gasteiger partial charge in [0.25, 0.3) is 0 Å². The van der Waals surface area contributed by atoms with E-state index in [-0.39, 0.29) is 23.4 Å². The lowest BCUT2D eigenvalue weighted by atomic mass is 9.88. The maximum absolute atomic E-state index is 14.0. The Balaban J connectivity index is 1.57. The Morgan fingerprint density at radius 2 is 2.06 bits per heavy atom. The molecule has 2 aromatic heterocycles. The monoisotopic (exact) mass is 485 g/mol. The molecule has 2 heterocycles. The Hall–Kier alpha value is -3.20. The fraction of sp³-hybridized carbons (Fsp3) is 0.360. The third-order valence-electron chi connectivity index (χ3n) is 5.92. The normalized spacial score (nSPS) is 16.5. The van der Waals surface area contributed by atoms with Gasteiger partial charge in [0.15, 0.2) is 0 Å². The molecule has 7 nitrogen and oxygen atoms in total. The van der Waals surface area contributed by atoms with E-state index in [1.165, 1.54) is 12.1 Å². The molecule has 0 fully saturated rings. The Kier molecular flexibility index (Phi) is 6.74. The van der Waals surface area contributed by atoms with Gasteiger partial charge in [-0.05, 0) is 66.6 Å². The summed E-state index contributed by atoms with van der Waals surface area (Å²) in [6.07, 6.45) is 5.24. The Bertz CT molecular complexity index is 1360. The molecule has 0 bridgehead atoms. The van der Waals surface area contributed by atoms with Crippen LogP contribution in [0.5, 0.6) is 5.75 Å². The third-order valence-corrected chi connectivity index (χ3v) is 7.54. The second kappa shape index (κ2) is 9.58. The maximum Gasteiger partial charge on any atom is 0.236 e. The summed E-state index contributed by atoms with van der Waals surface area (Å²) in [4.78, 5) is 20.2. The second-order valence-corrected chi connectivity index (χ2v) is 10.8. The number of fused-ring (bicyclic) bond motifs is 1. The van der Waals surface area contributed by atoms with Gasteiger partial charge >= 0.3 is 0 Å². The number of rotatable bonds is 7. The number of methoxy groups -OCH3 is 1. The van der Waals surface area contributed by atoms with Crippen molar-refractivity contribution in [3.63, 3.8) is 0 Å². The predicted octanol–water partition coefficient (Wildman–Crippen LogP) is 4.66. The van der Waals surface area contributed by atoms with Gasteiger partial charge in [-0.25, -0.2) is 17.8 Å². The number of H-pyrrole nitrogens is 1. The van der Waals surface area contributed by atoms with E-state index in [1.54, 1.807) is 33.2 Å². The van der Waals surface area contributed by atoms with Gasteiger partial charge in [0.2, 0.25) is 15.9 Å². The highest BCUT2D eigenvalue weighted by Crippen LogP contribution is 2.37. The van der Waals surface area contributed by atoms with Crippen LogP contribution in [0.1, 0.15) is 38.8 Å². The number of sulfonamides is 1. The number of aromatic amines is 1. The molecule has 1 aromatic carbocycles. The molecule has 0 saturated heterocycles. The zero-order chi connectivity index (χ0) is 24.5. The number of hydrogen-bond donors (Lipinski definition) is 2. The lowest BCUT2D eigenvalue weighted by Crippen LogP contribution is -2.38. The van der Waals surface area contributed by atoms with Crippen LogP contribution in [0.15, 0.2) is 42.6 Å². The molecule has 0 spiro atoms. The minimum atomic E-state index is -3.62. The van der Waals surface area contributed by atoms with Crippen LogP contribution in [0.3, 0.4) is 0 Å². The van der Waals surface area contributed by atoms with Crippen LogP contribution in [0.2, 0.25) is 0 Å². The van der Waals surface area contributed by atoms with Crippen molar-refractivity contribution in [1.29, 1.82) is 0 Å². The first-order valence-corrected chi connectivity index (χ1v) is 12.9. The van der Waals surface area contributed by atoms with E-state index < -0.39 is 15.9 Å².